The Bertz CT molecular complexity index is 935. The van der Waals surface area contributed by atoms with E-state index in [0.717, 1.165) is 0 Å². The van der Waals surface area contributed by atoms with Crippen molar-refractivity contribution in [3.63, 3.8) is 0 Å². The van der Waals surface area contributed by atoms with Gasteiger partial charge in [0, 0.05) is 10.7 Å². The van der Waals surface area contributed by atoms with Crippen LogP contribution in [0.1, 0.15) is 19.4 Å². The van der Waals surface area contributed by atoms with Crippen LogP contribution in [0.2, 0.25) is 5.02 Å². The average molecular weight is 342 g/mol. The Morgan fingerprint density at radius 2 is 1.92 bits per heavy atom. The Morgan fingerprint density at radius 3 is 2.62 bits per heavy atom. The van der Waals surface area contributed by atoms with Crippen LogP contribution in [-0.4, -0.2) is 15.5 Å². The summed E-state index contributed by atoms with van der Waals surface area (Å²) in [6.45, 7) is 1.85. The Balaban J connectivity index is 1.93. The SMILES string of the molecule is CCC(C(=O)Nc1ccc(Cl)cc1)n1cnc2ccccc2c1=O. The molecule has 1 heterocycles. The zero-order chi connectivity index (χ0) is 17.1. The van der Waals surface area contributed by atoms with E-state index in [9.17, 15) is 9.59 Å². The molecule has 1 unspecified atom stereocenters. The van der Waals surface area contributed by atoms with Gasteiger partial charge >= 0.3 is 0 Å². The summed E-state index contributed by atoms with van der Waals surface area (Å²) >= 11 is 5.84. The minimum Gasteiger partial charge on any atom is -0.324 e. The molecule has 24 heavy (non-hydrogen) atoms. The van der Waals surface area contributed by atoms with E-state index < -0.39 is 6.04 Å². The lowest BCUT2D eigenvalue weighted by atomic mass is 10.1. The lowest BCUT2D eigenvalue weighted by Gasteiger charge is -2.18. The molecular weight excluding hydrogens is 326 g/mol. The molecule has 3 aromatic rings. The van der Waals surface area contributed by atoms with Crippen LogP contribution in [0.15, 0.2) is 59.7 Å². The van der Waals surface area contributed by atoms with Gasteiger partial charge in [0.15, 0.2) is 0 Å². The molecule has 0 fully saturated rings. The van der Waals surface area contributed by atoms with Gasteiger partial charge in [0.25, 0.3) is 5.56 Å². The van der Waals surface area contributed by atoms with Gasteiger partial charge in [-0.2, -0.15) is 0 Å². The summed E-state index contributed by atoms with van der Waals surface area (Å²) in [5.74, 6) is -0.265. The molecule has 0 aliphatic carbocycles. The van der Waals surface area contributed by atoms with Crippen LogP contribution < -0.4 is 10.9 Å². The van der Waals surface area contributed by atoms with E-state index in [1.807, 2.05) is 13.0 Å². The maximum atomic E-state index is 12.7. The molecule has 0 spiro atoms. The molecule has 2 aromatic carbocycles. The lowest BCUT2D eigenvalue weighted by Crippen LogP contribution is -2.33. The fourth-order valence-electron chi connectivity index (χ4n) is 2.57. The first kappa shape index (κ1) is 16.2. The van der Waals surface area contributed by atoms with Gasteiger partial charge in [-0.25, -0.2) is 4.98 Å². The van der Waals surface area contributed by atoms with E-state index in [1.54, 1.807) is 42.5 Å². The van der Waals surface area contributed by atoms with Crippen LogP contribution in [0.25, 0.3) is 10.9 Å². The van der Waals surface area contributed by atoms with Gasteiger partial charge in [-0.1, -0.05) is 30.7 Å². The van der Waals surface area contributed by atoms with Crippen LogP contribution in [-0.2, 0) is 4.79 Å². The minimum atomic E-state index is -0.634. The second-order valence-corrected chi connectivity index (χ2v) is 5.83. The molecule has 5 nitrogen and oxygen atoms in total. The van der Waals surface area contributed by atoms with Crippen molar-refractivity contribution in [1.29, 1.82) is 0 Å². The monoisotopic (exact) mass is 341 g/mol. The Labute approximate surface area is 143 Å². The van der Waals surface area contributed by atoms with E-state index in [2.05, 4.69) is 10.3 Å². The van der Waals surface area contributed by atoms with Crippen molar-refractivity contribution in [3.8, 4) is 0 Å². The van der Waals surface area contributed by atoms with E-state index in [-0.39, 0.29) is 11.5 Å². The van der Waals surface area contributed by atoms with Crippen LogP contribution in [0.5, 0.6) is 0 Å². The second-order valence-electron chi connectivity index (χ2n) is 5.39. The van der Waals surface area contributed by atoms with Crippen molar-refractivity contribution < 1.29 is 4.79 Å². The molecule has 0 aliphatic rings. The molecule has 0 aliphatic heterocycles. The van der Waals surface area contributed by atoms with Crippen LogP contribution >= 0.6 is 11.6 Å². The normalized spacial score (nSPS) is 12.1. The molecule has 1 amide bonds. The largest absolute Gasteiger partial charge is 0.324 e. The third-order valence-electron chi connectivity index (χ3n) is 3.83. The topological polar surface area (TPSA) is 64.0 Å². The number of carbonyl (C=O) groups excluding carboxylic acids is 1. The van der Waals surface area contributed by atoms with Crippen molar-refractivity contribution >= 4 is 34.1 Å². The van der Waals surface area contributed by atoms with Crippen molar-refractivity contribution in [2.75, 3.05) is 5.32 Å². The van der Waals surface area contributed by atoms with E-state index in [4.69, 9.17) is 11.6 Å². The predicted molar refractivity (Wildman–Crippen MR) is 95.4 cm³/mol. The summed E-state index contributed by atoms with van der Waals surface area (Å²) in [7, 11) is 0. The molecule has 3 rings (SSSR count). The summed E-state index contributed by atoms with van der Waals surface area (Å²) < 4.78 is 1.38. The first-order valence-electron chi connectivity index (χ1n) is 7.62. The Kier molecular flexibility index (Phi) is 4.62. The molecule has 1 N–H and O–H groups in total. The van der Waals surface area contributed by atoms with Gasteiger partial charge in [0.05, 0.1) is 17.2 Å². The van der Waals surface area contributed by atoms with Crippen LogP contribution in [0.3, 0.4) is 0 Å². The first-order valence-corrected chi connectivity index (χ1v) is 8.00. The number of carbonyl (C=O) groups is 1. The highest BCUT2D eigenvalue weighted by Crippen LogP contribution is 2.17. The highest BCUT2D eigenvalue weighted by molar-refractivity contribution is 6.30. The summed E-state index contributed by atoms with van der Waals surface area (Å²) in [5.41, 5.74) is 1.02. The van der Waals surface area contributed by atoms with Gasteiger partial charge in [-0.3, -0.25) is 14.2 Å². The number of anilines is 1. The zero-order valence-corrected chi connectivity index (χ0v) is 13.8. The number of hydrogen-bond donors (Lipinski definition) is 1. The van der Waals surface area contributed by atoms with Crippen molar-refractivity contribution in [2.24, 2.45) is 0 Å². The van der Waals surface area contributed by atoms with Gasteiger partial charge in [-0.15, -0.1) is 0 Å². The number of benzene rings is 2. The van der Waals surface area contributed by atoms with Gasteiger partial charge in [-0.05, 0) is 42.8 Å². The van der Waals surface area contributed by atoms with E-state index in [1.165, 1.54) is 10.9 Å². The first-order chi connectivity index (χ1) is 11.6. The number of nitrogens with one attached hydrogen (secondary N) is 1. The predicted octanol–water partition coefficient (Wildman–Crippen LogP) is 3.64. The van der Waals surface area contributed by atoms with Crippen molar-refractivity contribution in [3.05, 3.63) is 70.2 Å². The number of halogens is 1. The molecular formula is C18H16ClN3O2. The number of hydrogen-bond acceptors (Lipinski definition) is 3. The third-order valence-corrected chi connectivity index (χ3v) is 4.08. The average Bonchev–Trinajstić information content (AvgIpc) is 2.60. The Hall–Kier alpha value is -2.66. The number of aromatic nitrogens is 2. The second kappa shape index (κ2) is 6.84. The van der Waals surface area contributed by atoms with Gasteiger partial charge in [0.2, 0.25) is 5.91 Å². The summed E-state index contributed by atoms with van der Waals surface area (Å²) in [6, 6.07) is 13.3. The summed E-state index contributed by atoms with van der Waals surface area (Å²) in [4.78, 5) is 29.5. The third kappa shape index (κ3) is 3.16. The maximum absolute atomic E-state index is 12.7. The zero-order valence-electron chi connectivity index (χ0n) is 13.1. The fourth-order valence-corrected chi connectivity index (χ4v) is 2.70. The minimum absolute atomic E-state index is 0.223. The van der Waals surface area contributed by atoms with E-state index >= 15 is 0 Å². The van der Waals surface area contributed by atoms with E-state index in [0.29, 0.717) is 28.0 Å². The highest BCUT2D eigenvalue weighted by atomic mass is 35.5. The molecule has 0 saturated heterocycles. The van der Waals surface area contributed by atoms with Crippen molar-refractivity contribution in [2.45, 2.75) is 19.4 Å². The maximum Gasteiger partial charge on any atom is 0.261 e. The van der Waals surface area contributed by atoms with Crippen LogP contribution in [0, 0.1) is 0 Å². The quantitative estimate of drug-likeness (QED) is 0.788. The highest BCUT2D eigenvalue weighted by Gasteiger charge is 2.20. The molecule has 1 atom stereocenters. The van der Waals surface area contributed by atoms with Crippen molar-refractivity contribution in [1.82, 2.24) is 9.55 Å². The Morgan fingerprint density at radius 1 is 1.21 bits per heavy atom. The lowest BCUT2D eigenvalue weighted by molar-refractivity contribution is -0.119. The van der Waals surface area contributed by atoms with Gasteiger partial charge < -0.3 is 5.32 Å². The number of para-hydroxylation sites is 1. The number of rotatable bonds is 4. The smallest absolute Gasteiger partial charge is 0.261 e. The standard InChI is InChI=1S/C18H16ClN3O2/c1-2-16(17(23)21-13-9-7-12(19)8-10-13)22-11-20-15-6-4-3-5-14(15)18(22)24/h3-11,16H,2H2,1H3,(H,21,23). The molecule has 1 aromatic heterocycles. The van der Waals surface area contributed by atoms with Crippen LogP contribution in [0.4, 0.5) is 5.69 Å². The number of amides is 1. The summed E-state index contributed by atoms with van der Waals surface area (Å²) in [5, 5.41) is 3.90. The molecule has 6 heteroatoms. The summed E-state index contributed by atoms with van der Waals surface area (Å²) in [6.07, 6.45) is 1.90. The number of fused-ring (bicyclic) bond motifs is 1. The molecule has 0 bridgehead atoms. The number of nitrogens with zero attached hydrogens (tertiary/aromatic N) is 2. The molecule has 122 valence electrons. The molecule has 0 saturated carbocycles. The van der Waals surface area contributed by atoms with Gasteiger partial charge in [0.1, 0.15) is 6.04 Å². The fraction of sp³-hybridized carbons (Fsp3) is 0.167. The molecule has 0 radical (unpaired) electrons.